The Balaban J connectivity index is 1.66. The second-order valence-electron chi connectivity index (χ2n) is 3.80. The van der Waals surface area contributed by atoms with Crippen LogP contribution in [-0.2, 0) is 4.74 Å². The van der Waals surface area contributed by atoms with Crippen LogP contribution in [0, 0.1) is 0 Å². The SMILES string of the molecule is OCCCNC1CC12CCCO2. The molecule has 2 unspecified atom stereocenters. The fourth-order valence-electron chi connectivity index (χ4n) is 2.05. The van der Waals surface area contributed by atoms with E-state index in [2.05, 4.69) is 5.32 Å². The molecule has 0 amide bonds. The molecular weight excluding hydrogens is 154 g/mol. The van der Waals surface area contributed by atoms with Crippen LogP contribution in [0.3, 0.4) is 0 Å². The zero-order valence-electron chi connectivity index (χ0n) is 7.38. The van der Waals surface area contributed by atoms with E-state index in [-0.39, 0.29) is 12.2 Å². The third-order valence-electron chi connectivity index (χ3n) is 2.88. The summed E-state index contributed by atoms with van der Waals surface area (Å²) in [4.78, 5) is 0. The summed E-state index contributed by atoms with van der Waals surface area (Å²) in [5.74, 6) is 0. The van der Waals surface area contributed by atoms with Gasteiger partial charge >= 0.3 is 0 Å². The third kappa shape index (κ3) is 1.49. The molecule has 1 spiro atoms. The molecule has 12 heavy (non-hydrogen) atoms. The summed E-state index contributed by atoms with van der Waals surface area (Å²) in [7, 11) is 0. The zero-order chi connectivity index (χ0) is 8.44. The first kappa shape index (κ1) is 8.48. The first-order chi connectivity index (χ1) is 5.87. The molecular formula is C9H17NO2. The van der Waals surface area contributed by atoms with Crippen LogP contribution < -0.4 is 5.32 Å². The van der Waals surface area contributed by atoms with Crippen molar-refractivity contribution in [3.8, 4) is 0 Å². The molecule has 0 radical (unpaired) electrons. The number of ether oxygens (including phenoxy) is 1. The van der Waals surface area contributed by atoms with Gasteiger partial charge in [-0.15, -0.1) is 0 Å². The van der Waals surface area contributed by atoms with Gasteiger partial charge in [0.1, 0.15) is 0 Å². The summed E-state index contributed by atoms with van der Waals surface area (Å²) >= 11 is 0. The zero-order valence-corrected chi connectivity index (χ0v) is 7.38. The number of aliphatic hydroxyl groups is 1. The Morgan fingerprint density at radius 2 is 2.50 bits per heavy atom. The Kier molecular flexibility index (Phi) is 2.35. The first-order valence-corrected chi connectivity index (χ1v) is 4.86. The van der Waals surface area contributed by atoms with Crippen LogP contribution in [0.1, 0.15) is 25.7 Å². The molecule has 3 nitrogen and oxygen atoms in total. The van der Waals surface area contributed by atoms with Gasteiger partial charge in [-0.3, -0.25) is 0 Å². The number of nitrogens with one attached hydrogen (secondary N) is 1. The lowest BCUT2D eigenvalue weighted by atomic mass is 10.2. The van der Waals surface area contributed by atoms with Crippen molar-refractivity contribution >= 4 is 0 Å². The van der Waals surface area contributed by atoms with Crippen molar-refractivity contribution in [1.29, 1.82) is 0 Å². The van der Waals surface area contributed by atoms with Gasteiger partial charge in [0.05, 0.1) is 5.60 Å². The minimum atomic E-state index is 0.218. The quantitative estimate of drug-likeness (QED) is 0.597. The highest BCUT2D eigenvalue weighted by atomic mass is 16.5. The lowest BCUT2D eigenvalue weighted by Crippen LogP contribution is -2.27. The van der Waals surface area contributed by atoms with Crippen LogP contribution in [0.5, 0.6) is 0 Å². The largest absolute Gasteiger partial charge is 0.396 e. The molecule has 1 saturated carbocycles. The van der Waals surface area contributed by atoms with Gasteiger partial charge in [-0.1, -0.05) is 0 Å². The molecule has 3 heteroatoms. The summed E-state index contributed by atoms with van der Waals surface area (Å²) in [5, 5.41) is 12.0. The summed E-state index contributed by atoms with van der Waals surface area (Å²) in [5.41, 5.74) is 0.218. The minimum absolute atomic E-state index is 0.218. The highest BCUT2D eigenvalue weighted by Crippen LogP contribution is 2.47. The second kappa shape index (κ2) is 3.32. The molecule has 2 rings (SSSR count). The Morgan fingerprint density at radius 3 is 3.17 bits per heavy atom. The average Bonchev–Trinajstić information content (AvgIpc) is 2.53. The van der Waals surface area contributed by atoms with Crippen LogP contribution in [0.15, 0.2) is 0 Å². The average molecular weight is 171 g/mol. The van der Waals surface area contributed by atoms with Crippen LogP contribution in [0.2, 0.25) is 0 Å². The van der Waals surface area contributed by atoms with Gasteiger partial charge in [0.25, 0.3) is 0 Å². The molecule has 2 atom stereocenters. The lowest BCUT2D eigenvalue weighted by Gasteiger charge is -2.08. The highest BCUT2D eigenvalue weighted by Gasteiger charge is 2.56. The van der Waals surface area contributed by atoms with E-state index in [1.807, 2.05) is 0 Å². The normalized spacial score (nSPS) is 39.2. The van der Waals surface area contributed by atoms with Gasteiger partial charge in [-0.2, -0.15) is 0 Å². The van der Waals surface area contributed by atoms with Gasteiger partial charge in [0.2, 0.25) is 0 Å². The van der Waals surface area contributed by atoms with Gasteiger partial charge in [0, 0.05) is 19.3 Å². The number of hydrogen-bond acceptors (Lipinski definition) is 3. The fraction of sp³-hybridized carbons (Fsp3) is 1.00. The monoisotopic (exact) mass is 171 g/mol. The molecule has 0 bridgehead atoms. The van der Waals surface area contributed by atoms with Crippen LogP contribution >= 0.6 is 0 Å². The van der Waals surface area contributed by atoms with Gasteiger partial charge < -0.3 is 15.2 Å². The molecule has 0 aromatic carbocycles. The predicted octanol–water partition coefficient (Wildman–Crippen LogP) is 0.280. The third-order valence-corrected chi connectivity index (χ3v) is 2.88. The number of aliphatic hydroxyl groups excluding tert-OH is 1. The van der Waals surface area contributed by atoms with E-state index < -0.39 is 0 Å². The molecule has 0 aromatic rings. The van der Waals surface area contributed by atoms with Crippen LogP contribution in [0.25, 0.3) is 0 Å². The fourth-order valence-corrected chi connectivity index (χ4v) is 2.05. The van der Waals surface area contributed by atoms with E-state index in [1.54, 1.807) is 0 Å². The summed E-state index contributed by atoms with van der Waals surface area (Å²) in [6.45, 7) is 2.15. The van der Waals surface area contributed by atoms with Gasteiger partial charge in [-0.05, 0) is 32.2 Å². The van der Waals surface area contributed by atoms with E-state index in [4.69, 9.17) is 9.84 Å². The predicted molar refractivity (Wildman–Crippen MR) is 46.0 cm³/mol. The summed E-state index contributed by atoms with van der Waals surface area (Å²) in [6.07, 6.45) is 4.48. The molecule has 1 aliphatic heterocycles. The maximum atomic E-state index is 8.59. The van der Waals surface area contributed by atoms with E-state index in [0.717, 1.165) is 19.6 Å². The Bertz CT molecular complexity index is 155. The van der Waals surface area contributed by atoms with E-state index >= 15 is 0 Å². The van der Waals surface area contributed by atoms with Crippen molar-refractivity contribution in [3.63, 3.8) is 0 Å². The maximum absolute atomic E-state index is 8.59. The highest BCUT2D eigenvalue weighted by molar-refractivity contribution is 5.12. The number of hydrogen-bond donors (Lipinski definition) is 2. The molecule has 1 aliphatic carbocycles. The summed E-state index contributed by atoms with van der Waals surface area (Å²) < 4.78 is 5.67. The topological polar surface area (TPSA) is 41.5 Å². The lowest BCUT2D eigenvalue weighted by molar-refractivity contribution is 0.0818. The standard InChI is InChI=1S/C9H17NO2/c11-5-2-4-10-8-7-9(8)3-1-6-12-9/h8,10-11H,1-7H2. The minimum Gasteiger partial charge on any atom is -0.396 e. The van der Waals surface area contributed by atoms with E-state index in [0.29, 0.717) is 6.04 Å². The maximum Gasteiger partial charge on any atom is 0.0852 e. The van der Waals surface area contributed by atoms with E-state index in [1.165, 1.54) is 19.3 Å². The molecule has 2 fully saturated rings. The molecule has 1 heterocycles. The van der Waals surface area contributed by atoms with E-state index in [9.17, 15) is 0 Å². The van der Waals surface area contributed by atoms with Crippen molar-refractivity contribution in [3.05, 3.63) is 0 Å². The second-order valence-corrected chi connectivity index (χ2v) is 3.80. The van der Waals surface area contributed by atoms with Crippen LogP contribution in [0.4, 0.5) is 0 Å². The van der Waals surface area contributed by atoms with Crippen molar-refractivity contribution in [1.82, 2.24) is 5.32 Å². The molecule has 2 N–H and O–H groups in total. The molecule has 1 saturated heterocycles. The van der Waals surface area contributed by atoms with Crippen LogP contribution in [-0.4, -0.2) is 36.5 Å². The number of rotatable bonds is 4. The van der Waals surface area contributed by atoms with Crippen molar-refractivity contribution in [2.24, 2.45) is 0 Å². The Hall–Kier alpha value is -0.120. The summed E-state index contributed by atoms with van der Waals surface area (Å²) in [6, 6.07) is 0.576. The van der Waals surface area contributed by atoms with Crippen molar-refractivity contribution < 1.29 is 9.84 Å². The molecule has 70 valence electrons. The molecule has 0 aromatic heterocycles. The van der Waals surface area contributed by atoms with Crippen molar-refractivity contribution in [2.45, 2.75) is 37.3 Å². The Labute approximate surface area is 73.1 Å². The molecule has 2 aliphatic rings. The first-order valence-electron chi connectivity index (χ1n) is 4.86. The smallest absolute Gasteiger partial charge is 0.0852 e. The van der Waals surface area contributed by atoms with Gasteiger partial charge in [0.15, 0.2) is 0 Å². The van der Waals surface area contributed by atoms with Gasteiger partial charge in [-0.25, -0.2) is 0 Å². The van der Waals surface area contributed by atoms with Crippen molar-refractivity contribution in [2.75, 3.05) is 19.8 Å². The Morgan fingerprint density at radius 1 is 1.58 bits per heavy atom.